The van der Waals surface area contributed by atoms with E-state index in [9.17, 15) is 4.79 Å². The van der Waals surface area contributed by atoms with Crippen LogP contribution in [0.1, 0.15) is 27.3 Å². The molecule has 1 N–H and O–H groups in total. The summed E-state index contributed by atoms with van der Waals surface area (Å²) in [6, 6.07) is 0. The van der Waals surface area contributed by atoms with Gasteiger partial charge in [-0.2, -0.15) is 10.2 Å². The average molecular weight is 163 g/mol. The van der Waals surface area contributed by atoms with Gasteiger partial charge in [-0.1, -0.05) is 0 Å². The van der Waals surface area contributed by atoms with Gasteiger partial charge < -0.3 is 5.32 Å². The van der Waals surface area contributed by atoms with Gasteiger partial charge in [0.1, 0.15) is 0 Å². The Bertz CT molecular complexity index is 360. The van der Waals surface area contributed by atoms with Crippen LogP contribution in [0.4, 0.5) is 0 Å². The molecule has 2 heterocycles. The largest absolute Gasteiger partial charge is 0.348 e. The summed E-state index contributed by atoms with van der Waals surface area (Å²) in [4.78, 5) is 11.3. The topological polar surface area (TPSA) is 54.9 Å². The Kier molecular flexibility index (Phi) is 1.36. The molecule has 1 aromatic rings. The number of hydrogen-bond acceptors (Lipinski definition) is 3. The van der Waals surface area contributed by atoms with Crippen molar-refractivity contribution in [3.05, 3.63) is 22.5 Å². The van der Waals surface area contributed by atoms with Crippen molar-refractivity contribution in [2.45, 2.75) is 20.4 Å². The number of fused-ring (bicyclic) bond motifs is 1. The quantitative estimate of drug-likeness (QED) is 0.600. The van der Waals surface area contributed by atoms with E-state index in [0.717, 1.165) is 11.3 Å². The molecule has 0 saturated heterocycles. The Balaban J connectivity index is 2.72. The van der Waals surface area contributed by atoms with Crippen LogP contribution in [0.2, 0.25) is 0 Å². The van der Waals surface area contributed by atoms with E-state index in [1.165, 1.54) is 0 Å². The van der Waals surface area contributed by atoms with E-state index in [2.05, 4.69) is 15.5 Å². The first-order chi connectivity index (χ1) is 5.70. The van der Waals surface area contributed by atoms with E-state index in [-0.39, 0.29) is 5.91 Å². The molecule has 0 spiro atoms. The third-order valence-corrected chi connectivity index (χ3v) is 2.10. The Morgan fingerprint density at radius 1 is 1.25 bits per heavy atom. The monoisotopic (exact) mass is 163 g/mol. The fourth-order valence-electron chi connectivity index (χ4n) is 1.43. The van der Waals surface area contributed by atoms with E-state index >= 15 is 0 Å². The molecule has 0 radical (unpaired) electrons. The van der Waals surface area contributed by atoms with Gasteiger partial charge in [-0.05, 0) is 13.8 Å². The second kappa shape index (κ2) is 2.27. The maximum absolute atomic E-state index is 11.3. The predicted molar refractivity (Wildman–Crippen MR) is 42.7 cm³/mol. The second-order valence-corrected chi connectivity index (χ2v) is 2.91. The van der Waals surface area contributed by atoms with E-state index < -0.39 is 0 Å². The number of amides is 1. The van der Waals surface area contributed by atoms with Crippen LogP contribution >= 0.6 is 0 Å². The highest BCUT2D eigenvalue weighted by atomic mass is 16.1. The molecule has 2 rings (SSSR count). The number of carbonyl (C=O) groups is 1. The minimum absolute atomic E-state index is 0.0273. The summed E-state index contributed by atoms with van der Waals surface area (Å²) in [6.45, 7) is 4.26. The van der Waals surface area contributed by atoms with E-state index in [1.54, 1.807) is 6.92 Å². The molecule has 0 aliphatic carbocycles. The highest BCUT2D eigenvalue weighted by molar-refractivity contribution is 5.99. The summed E-state index contributed by atoms with van der Waals surface area (Å²) in [7, 11) is 0. The smallest absolute Gasteiger partial charge is 0.253 e. The van der Waals surface area contributed by atoms with Gasteiger partial charge in [-0.15, -0.1) is 0 Å². The van der Waals surface area contributed by atoms with Crippen LogP contribution in [0.25, 0.3) is 0 Å². The Morgan fingerprint density at radius 3 is 2.58 bits per heavy atom. The molecular weight excluding hydrogens is 154 g/mol. The number of carbonyl (C=O) groups excluding carboxylic acids is 1. The number of nitrogens with zero attached hydrogens (tertiary/aromatic N) is 2. The summed E-state index contributed by atoms with van der Waals surface area (Å²) in [5, 5.41) is 10.6. The summed E-state index contributed by atoms with van der Waals surface area (Å²) in [5.74, 6) is -0.0273. The van der Waals surface area contributed by atoms with E-state index in [0.29, 0.717) is 17.8 Å². The number of hydrogen-bond donors (Lipinski definition) is 1. The van der Waals surface area contributed by atoms with Crippen LogP contribution in [-0.2, 0) is 6.54 Å². The van der Waals surface area contributed by atoms with Crippen molar-refractivity contribution in [3.8, 4) is 0 Å². The SMILES string of the molecule is Cc1nnc(C)c2c1CNC2=O. The second-order valence-electron chi connectivity index (χ2n) is 2.91. The summed E-state index contributed by atoms with van der Waals surface area (Å²) >= 11 is 0. The minimum atomic E-state index is -0.0273. The predicted octanol–water partition coefficient (Wildman–Crippen LogP) is 0.337. The molecule has 0 fully saturated rings. The lowest BCUT2D eigenvalue weighted by Crippen LogP contribution is -2.13. The van der Waals surface area contributed by atoms with Crippen molar-refractivity contribution in [3.63, 3.8) is 0 Å². The van der Waals surface area contributed by atoms with Crippen molar-refractivity contribution in [1.82, 2.24) is 15.5 Å². The summed E-state index contributed by atoms with van der Waals surface area (Å²) in [6.07, 6.45) is 0. The van der Waals surface area contributed by atoms with Gasteiger partial charge in [-0.25, -0.2) is 0 Å². The molecular formula is C8H9N3O. The highest BCUT2D eigenvalue weighted by Gasteiger charge is 2.23. The molecule has 0 unspecified atom stereocenters. The van der Waals surface area contributed by atoms with Crippen LogP contribution < -0.4 is 5.32 Å². The van der Waals surface area contributed by atoms with Crippen LogP contribution in [0.5, 0.6) is 0 Å². The van der Waals surface area contributed by atoms with Gasteiger partial charge in [0.25, 0.3) is 5.91 Å². The van der Waals surface area contributed by atoms with Gasteiger partial charge in [0, 0.05) is 12.1 Å². The molecule has 4 nitrogen and oxygen atoms in total. The maximum atomic E-state index is 11.3. The Labute approximate surface area is 70.0 Å². The lowest BCUT2D eigenvalue weighted by atomic mass is 10.1. The Morgan fingerprint density at radius 2 is 1.92 bits per heavy atom. The number of nitrogens with one attached hydrogen (secondary N) is 1. The molecule has 1 aromatic heterocycles. The summed E-state index contributed by atoms with van der Waals surface area (Å²) in [5.41, 5.74) is 3.26. The average Bonchev–Trinajstić information content (AvgIpc) is 2.42. The van der Waals surface area contributed by atoms with E-state index in [1.807, 2.05) is 6.92 Å². The van der Waals surface area contributed by atoms with Crippen LogP contribution in [0.3, 0.4) is 0 Å². The number of aromatic nitrogens is 2. The van der Waals surface area contributed by atoms with Crippen LogP contribution in [0.15, 0.2) is 0 Å². The molecule has 0 aromatic carbocycles. The summed E-state index contributed by atoms with van der Waals surface area (Å²) < 4.78 is 0. The van der Waals surface area contributed by atoms with Gasteiger partial charge in [0.05, 0.1) is 17.0 Å². The zero-order chi connectivity index (χ0) is 8.72. The van der Waals surface area contributed by atoms with Gasteiger partial charge >= 0.3 is 0 Å². The highest BCUT2D eigenvalue weighted by Crippen LogP contribution is 2.18. The molecule has 4 heteroatoms. The first kappa shape index (κ1) is 7.21. The van der Waals surface area contributed by atoms with Crippen LogP contribution in [0, 0.1) is 13.8 Å². The molecule has 0 saturated carbocycles. The lowest BCUT2D eigenvalue weighted by molar-refractivity contribution is 0.0965. The fourth-order valence-corrected chi connectivity index (χ4v) is 1.43. The number of aryl methyl sites for hydroxylation is 2. The molecule has 62 valence electrons. The van der Waals surface area contributed by atoms with Crippen molar-refractivity contribution in [2.75, 3.05) is 0 Å². The van der Waals surface area contributed by atoms with Crippen LogP contribution in [-0.4, -0.2) is 16.1 Å². The zero-order valence-electron chi connectivity index (χ0n) is 7.01. The minimum Gasteiger partial charge on any atom is -0.348 e. The van der Waals surface area contributed by atoms with Gasteiger partial charge in [0.15, 0.2) is 0 Å². The number of rotatable bonds is 0. The fraction of sp³-hybridized carbons (Fsp3) is 0.375. The maximum Gasteiger partial charge on any atom is 0.253 e. The van der Waals surface area contributed by atoms with Crippen molar-refractivity contribution in [1.29, 1.82) is 0 Å². The van der Waals surface area contributed by atoms with Gasteiger partial charge in [-0.3, -0.25) is 4.79 Å². The normalized spacial score (nSPS) is 14.3. The molecule has 12 heavy (non-hydrogen) atoms. The standard InChI is InChI=1S/C8H9N3O/c1-4-6-3-9-8(12)7(6)5(2)11-10-4/h3H2,1-2H3,(H,9,12). The van der Waals surface area contributed by atoms with E-state index in [4.69, 9.17) is 0 Å². The molecule has 1 aliphatic heterocycles. The van der Waals surface area contributed by atoms with Crippen molar-refractivity contribution in [2.24, 2.45) is 0 Å². The molecule has 0 bridgehead atoms. The Hall–Kier alpha value is -1.45. The molecule has 1 amide bonds. The zero-order valence-corrected chi connectivity index (χ0v) is 7.01. The third-order valence-electron chi connectivity index (χ3n) is 2.10. The molecule has 1 aliphatic rings. The third kappa shape index (κ3) is 0.809. The van der Waals surface area contributed by atoms with Crippen molar-refractivity contribution >= 4 is 5.91 Å². The lowest BCUT2D eigenvalue weighted by Gasteiger charge is -2.00. The first-order valence-corrected chi connectivity index (χ1v) is 3.81. The van der Waals surface area contributed by atoms with Crippen molar-refractivity contribution < 1.29 is 4.79 Å². The first-order valence-electron chi connectivity index (χ1n) is 3.81. The van der Waals surface area contributed by atoms with Gasteiger partial charge in [0.2, 0.25) is 0 Å². The molecule has 0 atom stereocenters.